The second kappa shape index (κ2) is 4.48. The topological polar surface area (TPSA) is 69.2 Å². The Bertz CT molecular complexity index is 377. The highest BCUT2D eigenvalue weighted by Crippen LogP contribution is 2.18. The number of hydrogen-bond acceptors (Lipinski definition) is 3. The fourth-order valence-electron chi connectivity index (χ4n) is 0.979. The summed E-state index contributed by atoms with van der Waals surface area (Å²) in [7, 11) is 0. The predicted molar refractivity (Wildman–Crippen MR) is 51.1 cm³/mol. The molecule has 0 amide bonds. The van der Waals surface area contributed by atoms with Crippen molar-refractivity contribution in [2.24, 2.45) is 5.73 Å². The van der Waals surface area contributed by atoms with E-state index in [-0.39, 0.29) is 0 Å². The van der Waals surface area contributed by atoms with Gasteiger partial charge in [-0.3, -0.25) is 10.1 Å². The summed E-state index contributed by atoms with van der Waals surface area (Å²) in [6, 6.07) is 3.70. The zero-order valence-corrected chi connectivity index (χ0v) is 7.31. The molecule has 0 spiro atoms. The van der Waals surface area contributed by atoms with Crippen molar-refractivity contribution in [1.82, 2.24) is 0 Å². The maximum absolute atomic E-state index is 13.0. The molecule has 0 unspecified atom stereocenters. The summed E-state index contributed by atoms with van der Waals surface area (Å²) in [5, 5.41) is 10.3. The van der Waals surface area contributed by atoms with Gasteiger partial charge in [0.05, 0.1) is 4.92 Å². The van der Waals surface area contributed by atoms with E-state index in [0.717, 1.165) is 12.1 Å². The maximum Gasteiger partial charge on any atom is 0.304 e. The largest absolute Gasteiger partial charge is 0.327 e. The van der Waals surface area contributed by atoms with E-state index < -0.39 is 16.4 Å². The van der Waals surface area contributed by atoms with Gasteiger partial charge < -0.3 is 5.73 Å². The molecule has 14 heavy (non-hydrogen) atoms. The average molecular weight is 196 g/mol. The van der Waals surface area contributed by atoms with Gasteiger partial charge in [-0.2, -0.15) is 4.39 Å². The van der Waals surface area contributed by atoms with Crippen molar-refractivity contribution in [2.75, 3.05) is 6.54 Å². The first-order valence-electron chi connectivity index (χ1n) is 3.95. The van der Waals surface area contributed by atoms with Crippen LogP contribution in [0.25, 0.3) is 6.08 Å². The number of nitrogens with two attached hydrogens (primary N) is 1. The molecule has 0 radical (unpaired) electrons. The quantitative estimate of drug-likeness (QED) is 0.591. The Hall–Kier alpha value is -1.75. The van der Waals surface area contributed by atoms with E-state index in [2.05, 4.69) is 0 Å². The van der Waals surface area contributed by atoms with Crippen molar-refractivity contribution in [3.8, 4) is 0 Å². The van der Waals surface area contributed by atoms with Gasteiger partial charge in [0.25, 0.3) is 0 Å². The van der Waals surface area contributed by atoms with Gasteiger partial charge in [0, 0.05) is 12.6 Å². The van der Waals surface area contributed by atoms with Crippen LogP contribution in [0.15, 0.2) is 24.3 Å². The van der Waals surface area contributed by atoms with Gasteiger partial charge in [0.2, 0.25) is 5.82 Å². The van der Waals surface area contributed by atoms with Crippen molar-refractivity contribution >= 4 is 11.8 Å². The molecule has 5 heteroatoms. The van der Waals surface area contributed by atoms with Crippen molar-refractivity contribution in [1.29, 1.82) is 0 Å². The van der Waals surface area contributed by atoms with E-state index >= 15 is 0 Å². The van der Waals surface area contributed by atoms with Crippen LogP contribution in [0.4, 0.5) is 10.1 Å². The first-order chi connectivity index (χ1) is 6.65. The number of halogens is 1. The van der Waals surface area contributed by atoms with Crippen LogP contribution in [0.3, 0.4) is 0 Å². The molecule has 1 aromatic carbocycles. The van der Waals surface area contributed by atoms with Gasteiger partial charge in [-0.1, -0.05) is 12.2 Å². The zero-order valence-electron chi connectivity index (χ0n) is 7.31. The molecular formula is C9H9FN2O2. The SMILES string of the molecule is NC/C=C/c1ccc([N+](=O)[O-])c(F)c1. The Morgan fingerprint density at radius 3 is 2.79 bits per heavy atom. The second-order valence-electron chi connectivity index (χ2n) is 2.61. The molecule has 0 saturated carbocycles. The van der Waals surface area contributed by atoms with Crippen LogP contribution < -0.4 is 5.73 Å². The molecule has 0 fully saturated rings. The Labute approximate surface area is 80.0 Å². The highest BCUT2D eigenvalue weighted by atomic mass is 19.1. The molecule has 4 nitrogen and oxygen atoms in total. The Morgan fingerprint density at radius 2 is 2.29 bits per heavy atom. The molecule has 0 bridgehead atoms. The lowest BCUT2D eigenvalue weighted by molar-refractivity contribution is -0.387. The van der Waals surface area contributed by atoms with Crippen molar-refractivity contribution in [3.63, 3.8) is 0 Å². The highest BCUT2D eigenvalue weighted by Gasteiger charge is 2.12. The summed E-state index contributed by atoms with van der Waals surface area (Å²) in [5.74, 6) is -0.839. The third-order valence-electron chi connectivity index (χ3n) is 1.61. The lowest BCUT2D eigenvalue weighted by Crippen LogP contribution is -1.93. The minimum absolute atomic E-state index is 0.346. The van der Waals surface area contributed by atoms with E-state index in [1.54, 1.807) is 12.2 Å². The van der Waals surface area contributed by atoms with Crippen LogP contribution in [0, 0.1) is 15.9 Å². The minimum atomic E-state index is -0.839. The summed E-state index contributed by atoms with van der Waals surface area (Å²) in [6.07, 6.45) is 3.24. The van der Waals surface area contributed by atoms with Crippen molar-refractivity contribution < 1.29 is 9.31 Å². The second-order valence-corrected chi connectivity index (χ2v) is 2.61. The molecule has 2 N–H and O–H groups in total. The number of nitro benzene ring substituents is 1. The molecule has 0 heterocycles. The number of rotatable bonds is 3. The summed E-state index contributed by atoms with van der Waals surface area (Å²) in [5.41, 5.74) is 5.24. The fraction of sp³-hybridized carbons (Fsp3) is 0.111. The van der Waals surface area contributed by atoms with Crippen molar-refractivity contribution in [3.05, 3.63) is 45.8 Å². The van der Waals surface area contributed by atoms with Crippen LogP contribution in [0.2, 0.25) is 0 Å². The van der Waals surface area contributed by atoms with Crippen molar-refractivity contribution in [2.45, 2.75) is 0 Å². The summed E-state index contributed by atoms with van der Waals surface area (Å²) in [6.45, 7) is 0.346. The van der Waals surface area contributed by atoms with Gasteiger partial charge in [0.15, 0.2) is 0 Å². The van der Waals surface area contributed by atoms with E-state index in [1.807, 2.05) is 0 Å². The molecule has 74 valence electrons. The zero-order chi connectivity index (χ0) is 10.6. The monoisotopic (exact) mass is 196 g/mol. The standard InChI is InChI=1S/C9H9FN2O2/c10-8-6-7(2-1-5-11)3-4-9(8)12(13)14/h1-4,6H,5,11H2/b2-1+. The Morgan fingerprint density at radius 1 is 1.57 bits per heavy atom. The van der Waals surface area contributed by atoms with Gasteiger partial charge >= 0.3 is 5.69 Å². The summed E-state index contributed by atoms with van der Waals surface area (Å²) < 4.78 is 13.0. The fourth-order valence-corrected chi connectivity index (χ4v) is 0.979. The molecule has 0 aromatic heterocycles. The third kappa shape index (κ3) is 2.37. The Kier molecular flexibility index (Phi) is 3.30. The lowest BCUT2D eigenvalue weighted by atomic mass is 10.2. The number of benzene rings is 1. The van der Waals surface area contributed by atoms with Crippen LogP contribution >= 0.6 is 0 Å². The van der Waals surface area contributed by atoms with Gasteiger partial charge in [-0.15, -0.1) is 0 Å². The Balaban J connectivity index is 3.00. The van der Waals surface area contributed by atoms with Gasteiger partial charge in [0.1, 0.15) is 0 Å². The van der Waals surface area contributed by atoms with Gasteiger partial charge in [-0.25, -0.2) is 0 Å². The molecule has 0 atom stereocenters. The first-order valence-corrected chi connectivity index (χ1v) is 3.95. The summed E-state index contributed by atoms with van der Waals surface area (Å²) in [4.78, 5) is 9.52. The first kappa shape index (κ1) is 10.3. The van der Waals surface area contributed by atoms with E-state index in [4.69, 9.17) is 5.73 Å². The lowest BCUT2D eigenvalue weighted by Gasteiger charge is -1.95. The predicted octanol–water partition coefficient (Wildman–Crippen LogP) is 1.71. The third-order valence-corrected chi connectivity index (χ3v) is 1.61. The molecule has 0 aliphatic rings. The summed E-state index contributed by atoms with van der Waals surface area (Å²) >= 11 is 0. The minimum Gasteiger partial charge on any atom is -0.327 e. The maximum atomic E-state index is 13.0. The van der Waals surface area contributed by atoms with Crippen LogP contribution in [0.5, 0.6) is 0 Å². The molecule has 1 aromatic rings. The van der Waals surface area contributed by atoms with E-state index in [0.29, 0.717) is 12.1 Å². The average Bonchev–Trinajstić information content (AvgIpc) is 2.14. The number of nitro groups is 1. The van der Waals surface area contributed by atoms with Crippen LogP contribution in [-0.4, -0.2) is 11.5 Å². The molecule has 0 aliphatic carbocycles. The number of hydrogen-bond donors (Lipinski definition) is 1. The van der Waals surface area contributed by atoms with E-state index in [9.17, 15) is 14.5 Å². The van der Waals surface area contributed by atoms with Crippen LogP contribution in [-0.2, 0) is 0 Å². The number of nitrogens with zero attached hydrogens (tertiary/aromatic N) is 1. The normalized spacial score (nSPS) is 10.7. The van der Waals surface area contributed by atoms with Crippen LogP contribution in [0.1, 0.15) is 5.56 Å². The molecule has 1 rings (SSSR count). The molecular weight excluding hydrogens is 187 g/mol. The smallest absolute Gasteiger partial charge is 0.304 e. The van der Waals surface area contributed by atoms with Gasteiger partial charge in [-0.05, 0) is 17.7 Å². The van der Waals surface area contributed by atoms with E-state index in [1.165, 1.54) is 6.07 Å². The molecule has 0 aliphatic heterocycles. The highest BCUT2D eigenvalue weighted by molar-refractivity contribution is 5.52. The molecule has 0 saturated heterocycles.